The minimum Gasteiger partial charge on any atom is -0.395 e. The van der Waals surface area contributed by atoms with E-state index in [-0.39, 0.29) is 12.6 Å². The molecule has 0 heterocycles. The molecule has 16 heavy (non-hydrogen) atoms. The van der Waals surface area contributed by atoms with Crippen LogP contribution in [0.2, 0.25) is 0 Å². The smallest absolute Gasteiger partial charge is 0.0585 e. The van der Waals surface area contributed by atoms with Crippen molar-refractivity contribution in [2.75, 3.05) is 20.3 Å². The molecule has 0 amide bonds. The molecule has 1 fully saturated rings. The van der Waals surface area contributed by atoms with E-state index in [9.17, 15) is 0 Å². The predicted octanol–water partition coefficient (Wildman–Crippen LogP) is 1.80. The van der Waals surface area contributed by atoms with Crippen LogP contribution in [0.1, 0.15) is 39.5 Å². The van der Waals surface area contributed by atoms with Gasteiger partial charge in [0.1, 0.15) is 0 Å². The molecular weight excluding hydrogens is 202 g/mol. The molecule has 3 unspecified atom stereocenters. The van der Waals surface area contributed by atoms with Gasteiger partial charge in [0.05, 0.1) is 12.7 Å². The summed E-state index contributed by atoms with van der Waals surface area (Å²) in [4.78, 5) is 0. The summed E-state index contributed by atoms with van der Waals surface area (Å²) in [6.07, 6.45) is 5.08. The third kappa shape index (κ3) is 4.81. The summed E-state index contributed by atoms with van der Waals surface area (Å²) >= 11 is 0. The molecule has 0 aromatic rings. The van der Waals surface area contributed by atoms with Gasteiger partial charge in [-0.3, -0.25) is 0 Å². The zero-order valence-electron chi connectivity index (χ0n) is 10.9. The van der Waals surface area contributed by atoms with Crippen molar-refractivity contribution in [2.45, 2.75) is 51.7 Å². The van der Waals surface area contributed by atoms with E-state index < -0.39 is 0 Å². The number of aliphatic hydroxyl groups is 1. The quantitative estimate of drug-likeness (QED) is 0.730. The maximum absolute atomic E-state index is 9.03. The van der Waals surface area contributed by atoms with Gasteiger partial charge >= 0.3 is 0 Å². The lowest BCUT2D eigenvalue weighted by Crippen LogP contribution is -2.32. The lowest BCUT2D eigenvalue weighted by Gasteiger charge is -2.31. The molecule has 0 spiro atoms. The van der Waals surface area contributed by atoms with Gasteiger partial charge in [0.2, 0.25) is 0 Å². The molecule has 3 heteroatoms. The van der Waals surface area contributed by atoms with Crippen LogP contribution in [0.25, 0.3) is 0 Å². The molecule has 0 aromatic heterocycles. The number of likely N-dealkylation sites (N-methyl/N-ethyl adjacent to an activating group) is 1. The van der Waals surface area contributed by atoms with Gasteiger partial charge in [-0.15, -0.1) is 0 Å². The monoisotopic (exact) mass is 229 g/mol. The third-order valence-corrected chi connectivity index (χ3v) is 3.58. The fraction of sp³-hybridized carbons (Fsp3) is 1.00. The summed E-state index contributed by atoms with van der Waals surface area (Å²) in [6.45, 7) is 5.58. The van der Waals surface area contributed by atoms with Crippen LogP contribution in [-0.2, 0) is 4.74 Å². The molecular formula is C13H27NO2. The second-order valence-electron chi connectivity index (χ2n) is 5.37. The summed E-state index contributed by atoms with van der Waals surface area (Å²) in [5.74, 6) is 1.60. The van der Waals surface area contributed by atoms with Crippen LogP contribution in [-0.4, -0.2) is 37.5 Å². The van der Waals surface area contributed by atoms with Crippen molar-refractivity contribution < 1.29 is 9.84 Å². The summed E-state index contributed by atoms with van der Waals surface area (Å²) in [6, 6.07) is 0.179. The van der Waals surface area contributed by atoms with Crippen molar-refractivity contribution in [3.05, 3.63) is 0 Å². The molecule has 1 aliphatic rings. The topological polar surface area (TPSA) is 41.5 Å². The van der Waals surface area contributed by atoms with E-state index in [2.05, 4.69) is 19.2 Å². The number of aliphatic hydroxyl groups excluding tert-OH is 1. The van der Waals surface area contributed by atoms with Crippen molar-refractivity contribution in [3.63, 3.8) is 0 Å². The summed E-state index contributed by atoms with van der Waals surface area (Å²) in [7, 11) is 1.88. The van der Waals surface area contributed by atoms with E-state index in [0.29, 0.717) is 6.10 Å². The molecule has 1 rings (SSSR count). The summed E-state index contributed by atoms with van der Waals surface area (Å²) < 4.78 is 5.91. The van der Waals surface area contributed by atoms with Crippen molar-refractivity contribution in [1.29, 1.82) is 0 Å². The van der Waals surface area contributed by atoms with E-state index >= 15 is 0 Å². The molecule has 0 radical (unpaired) electrons. The van der Waals surface area contributed by atoms with E-state index in [1.165, 1.54) is 19.3 Å². The highest BCUT2D eigenvalue weighted by Gasteiger charge is 2.24. The SMILES string of the molecule is CNC(CO)CCOC1CC(C)CC(C)C1. The minimum absolute atomic E-state index is 0.179. The zero-order valence-corrected chi connectivity index (χ0v) is 10.9. The van der Waals surface area contributed by atoms with E-state index in [1.54, 1.807) is 0 Å². The van der Waals surface area contributed by atoms with Gasteiger partial charge in [-0.05, 0) is 44.6 Å². The molecule has 2 N–H and O–H groups in total. The first-order chi connectivity index (χ1) is 7.65. The normalized spacial score (nSPS) is 32.6. The maximum Gasteiger partial charge on any atom is 0.0585 e. The average Bonchev–Trinajstić information content (AvgIpc) is 2.23. The predicted molar refractivity (Wildman–Crippen MR) is 66.5 cm³/mol. The Hall–Kier alpha value is -0.120. The molecule has 0 aliphatic heterocycles. The number of ether oxygens (including phenoxy) is 1. The standard InChI is InChI=1S/C13H27NO2/c1-10-6-11(2)8-13(7-10)16-5-4-12(9-15)14-3/h10-15H,4-9H2,1-3H3. The Morgan fingerprint density at radius 1 is 1.25 bits per heavy atom. The molecule has 0 bridgehead atoms. The van der Waals surface area contributed by atoms with Gasteiger partial charge < -0.3 is 15.2 Å². The van der Waals surface area contributed by atoms with Crippen molar-refractivity contribution in [2.24, 2.45) is 11.8 Å². The molecule has 96 valence electrons. The maximum atomic E-state index is 9.03. The first-order valence-electron chi connectivity index (χ1n) is 6.55. The number of hydrogen-bond donors (Lipinski definition) is 2. The van der Waals surface area contributed by atoms with Crippen molar-refractivity contribution in [1.82, 2.24) is 5.32 Å². The zero-order chi connectivity index (χ0) is 12.0. The molecule has 3 nitrogen and oxygen atoms in total. The van der Waals surface area contributed by atoms with Gasteiger partial charge in [-0.2, -0.15) is 0 Å². The van der Waals surface area contributed by atoms with E-state index in [1.807, 2.05) is 7.05 Å². The highest BCUT2D eigenvalue weighted by molar-refractivity contribution is 4.75. The summed E-state index contributed by atoms with van der Waals surface area (Å²) in [5, 5.41) is 12.1. The van der Waals surface area contributed by atoms with Crippen LogP contribution in [0, 0.1) is 11.8 Å². The van der Waals surface area contributed by atoms with Gasteiger partial charge in [-0.1, -0.05) is 13.8 Å². The van der Waals surface area contributed by atoms with Gasteiger partial charge in [0.15, 0.2) is 0 Å². The molecule has 1 aliphatic carbocycles. The number of nitrogens with one attached hydrogen (secondary N) is 1. The van der Waals surface area contributed by atoms with Crippen LogP contribution in [0.4, 0.5) is 0 Å². The van der Waals surface area contributed by atoms with Crippen LogP contribution < -0.4 is 5.32 Å². The Morgan fingerprint density at radius 3 is 2.38 bits per heavy atom. The number of rotatable bonds is 6. The Labute approximate surface area is 99.6 Å². The Morgan fingerprint density at radius 2 is 1.88 bits per heavy atom. The lowest BCUT2D eigenvalue weighted by molar-refractivity contribution is -0.00426. The molecule has 1 saturated carbocycles. The van der Waals surface area contributed by atoms with Crippen molar-refractivity contribution in [3.8, 4) is 0 Å². The van der Waals surface area contributed by atoms with Gasteiger partial charge in [0.25, 0.3) is 0 Å². The largest absolute Gasteiger partial charge is 0.395 e. The highest BCUT2D eigenvalue weighted by atomic mass is 16.5. The Bertz CT molecular complexity index is 173. The highest BCUT2D eigenvalue weighted by Crippen LogP contribution is 2.30. The van der Waals surface area contributed by atoms with Gasteiger partial charge in [0, 0.05) is 12.6 Å². The first-order valence-corrected chi connectivity index (χ1v) is 6.55. The van der Waals surface area contributed by atoms with E-state index in [4.69, 9.17) is 9.84 Å². The van der Waals surface area contributed by atoms with Gasteiger partial charge in [-0.25, -0.2) is 0 Å². The fourth-order valence-corrected chi connectivity index (χ4v) is 2.71. The van der Waals surface area contributed by atoms with Crippen LogP contribution in [0.15, 0.2) is 0 Å². The lowest BCUT2D eigenvalue weighted by atomic mass is 9.82. The fourth-order valence-electron chi connectivity index (χ4n) is 2.71. The van der Waals surface area contributed by atoms with Crippen LogP contribution in [0.5, 0.6) is 0 Å². The second kappa shape index (κ2) is 7.25. The van der Waals surface area contributed by atoms with Crippen LogP contribution >= 0.6 is 0 Å². The molecule has 3 atom stereocenters. The second-order valence-corrected chi connectivity index (χ2v) is 5.37. The van der Waals surface area contributed by atoms with Crippen LogP contribution in [0.3, 0.4) is 0 Å². The first kappa shape index (κ1) is 13.9. The number of hydrogen-bond acceptors (Lipinski definition) is 3. The Kier molecular flexibility index (Phi) is 6.32. The van der Waals surface area contributed by atoms with Crippen molar-refractivity contribution >= 4 is 0 Å². The molecule has 0 saturated heterocycles. The summed E-state index contributed by atoms with van der Waals surface area (Å²) in [5.41, 5.74) is 0. The Balaban J connectivity index is 2.16. The average molecular weight is 229 g/mol. The van der Waals surface area contributed by atoms with E-state index in [0.717, 1.165) is 24.9 Å². The molecule has 0 aromatic carbocycles. The third-order valence-electron chi connectivity index (χ3n) is 3.58. The minimum atomic E-state index is 0.179.